The molecule has 0 bridgehead atoms. The maximum Gasteiger partial charge on any atom is 0.0998 e. The molecule has 0 fully saturated rings. The minimum absolute atomic E-state index is 0.862. The summed E-state index contributed by atoms with van der Waals surface area (Å²) in [6.45, 7) is 1.78. The maximum absolute atomic E-state index is 4.63. The van der Waals surface area contributed by atoms with Crippen LogP contribution in [0, 0.1) is 0 Å². The largest absolute Gasteiger partial charge is 0.312 e. The first-order chi connectivity index (χ1) is 10.4. The van der Waals surface area contributed by atoms with E-state index in [2.05, 4.69) is 25.6 Å². The molecule has 5 heteroatoms. The summed E-state index contributed by atoms with van der Waals surface area (Å²) in [4.78, 5) is 13.0. The van der Waals surface area contributed by atoms with E-state index in [1.807, 2.05) is 42.7 Å². The number of rotatable bonds is 6. The van der Waals surface area contributed by atoms with E-state index in [-0.39, 0.29) is 0 Å². The molecule has 0 saturated carbocycles. The van der Waals surface area contributed by atoms with Gasteiger partial charge in [0.05, 0.1) is 16.4 Å². The molecule has 1 N–H and O–H groups in total. The van der Waals surface area contributed by atoms with Crippen LogP contribution < -0.4 is 5.32 Å². The van der Waals surface area contributed by atoms with Crippen molar-refractivity contribution in [1.29, 1.82) is 0 Å². The average Bonchev–Trinajstić information content (AvgIpc) is 3.02. The van der Waals surface area contributed by atoms with Crippen LogP contribution in [0.25, 0.3) is 11.4 Å². The SMILES string of the molecule is c1ccc(-c2csc(CCNCc3ccncc3)n2)nc1. The lowest BCUT2D eigenvalue weighted by Gasteiger charge is -2.02. The first kappa shape index (κ1) is 13.9. The van der Waals surface area contributed by atoms with Crippen LogP contribution in [-0.2, 0) is 13.0 Å². The Balaban J connectivity index is 1.49. The third-order valence-corrected chi connectivity index (χ3v) is 3.98. The van der Waals surface area contributed by atoms with E-state index in [0.29, 0.717) is 0 Å². The summed E-state index contributed by atoms with van der Waals surface area (Å²) in [6, 6.07) is 9.93. The Bertz CT molecular complexity index is 667. The molecule has 0 aromatic carbocycles. The molecule has 0 atom stereocenters. The van der Waals surface area contributed by atoms with Crippen LogP contribution in [0.2, 0.25) is 0 Å². The molecule has 3 rings (SSSR count). The normalized spacial score (nSPS) is 10.7. The van der Waals surface area contributed by atoms with Crippen molar-refractivity contribution in [3.8, 4) is 11.4 Å². The zero-order valence-electron chi connectivity index (χ0n) is 11.6. The van der Waals surface area contributed by atoms with Crippen molar-refractivity contribution < 1.29 is 0 Å². The number of aromatic nitrogens is 3. The van der Waals surface area contributed by atoms with Gasteiger partial charge in [0.1, 0.15) is 0 Å². The van der Waals surface area contributed by atoms with Gasteiger partial charge in [0.25, 0.3) is 0 Å². The van der Waals surface area contributed by atoms with Crippen molar-refractivity contribution in [3.63, 3.8) is 0 Å². The molecule has 0 saturated heterocycles. The molecule has 0 amide bonds. The molecule has 0 aliphatic rings. The molecular weight excluding hydrogens is 280 g/mol. The van der Waals surface area contributed by atoms with E-state index < -0.39 is 0 Å². The lowest BCUT2D eigenvalue weighted by Crippen LogP contribution is -2.16. The maximum atomic E-state index is 4.63. The smallest absolute Gasteiger partial charge is 0.0998 e. The van der Waals surface area contributed by atoms with Crippen molar-refractivity contribution >= 4 is 11.3 Å². The van der Waals surface area contributed by atoms with E-state index in [1.165, 1.54) is 5.56 Å². The van der Waals surface area contributed by atoms with E-state index >= 15 is 0 Å². The highest BCUT2D eigenvalue weighted by molar-refractivity contribution is 7.09. The topological polar surface area (TPSA) is 50.7 Å². The van der Waals surface area contributed by atoms with Crippen LogP contribution in [0.15, 0.2) is 54.3 Å². The quantitative estimate of drug-likeness (QED) is 0.711. The van der Waals surface area contributed by atoms with Crippen molar-refractivity contribution in [3.05, 3.63) is 64.9 Å². The Morgan fingerprint density at radius 1 is 1.00 bits per heavy atom. The zero-order valence-corrected chi connectivity index (χ0v) is 12.4. The first-order valence-electron chi connectivity index (χ1n) is 6.87. The van der Waals surface area contributed by atoms with Gasteiger partial charge >= 0.3 is 0 Å². The molecule has 0 radical (unpaired) electrons. The fourth-order valence-electron chi connectivity index (χ4n) is 1.99. The predicted molar refractivity (Wildman–Crippen MR) is 85.0 cm³/mol. The highest BCUT2D eigenvalue weighted by atomic mass is 32.1. The van der Waals surface area contributed by atoms with Crippen LogP contribution >= 0.6 is 11.3 Å². The number of thiazole rings is 1. The van der Waals surface area contributed by atoms with Crippen molar-refractivity contribution in [2.24, 2.45) is 0 Å². The lowest BCUT2D eigenvalue weighted by molar-refractivity contribution is 0.685. The van der Waals surface area contributed by atoms with Crippen LogP contribution in [0.3, 0.4) is 0 Å². The number of hydrogen-bond donors (Lipinski definition) is 1. The monoisotopic (exact) mass is 296 g/mol. The van der Waals surface area contributed by atoms with Crippen LogP contribution in [0.5, 0.6) is 0 Å². The second-order valence-electron chi connectivity index (χ2n) is 4.62. The van der Waals surface area contributed by atoms with Gasteiger partial charge in [-0.05, 0) is 29.8 Å². The van der Waals surface area contributed by atoms with Crippen LogP contribution in [-0.4, -0.2) is 21.5 Å². The third-order valence-electron chi connectivity index (χ3n) is 3.07. The summed E-state index contributed by atoms with van der Waals surface area (Å²) in [5.41, 5.74) is 3.15. The molecule has 3 heterocycles. The molecule has 0 aliphatic heterocycles. The number of nitrogens with zero attached hydrogens (tertiary/aromatic N) is 3. The van der Waals surface area contributed by atoms with Crippen LogP contribution in [0.1, 0.15) is 10.6 Å². The summed E-state index contributed by atoms with van der Waals surface area (Å²) in [5.74, 6) is 0. The molecule has 0 aliphatic carbocycles. The zero-order chi connectivity index (χ0) is 14.3. The standard InChI is InChI=1S/C16H16N4S/c1-2-7-19-14(3-1)15-12-21-16(20-15)6-10-18-11-13-4-8-17-9-5-13/h1-5,7-9,12,18H,6,10-11H2. The second kappa shape index (κ2) is 7.06. The Morgan fingerprint density at radius 3 is 2.71 bits per heavy atom. The van der Waals surface area contributed by atoms with Gasteiger partial charge in [0.2, 0.25) is 0 Å². The predicted octanol–water partition coefficient (Wildman–Crippen LogP) is 2.93. The van der Waals surface area contributed by atoms with E-state index in [9.17, 15) is 0 Å². The molecule has 3 aromatic rings. The average molecular weight is 296 g/mol. The van der Waals surface area contributed by atoms with E-state index in [1.54, 1.807) is 17.5 Å². The Hall–Kier alpha value is -2.11. The van der Waals surface area contributed by atoms with Gasteiger partial charge < -0.3 is 5.32 Å². The molecule has 21 heavy (non-hydrogen) atoms. The van der Waals surface area contributed by atoms with Crippen molar-refractivity contribution in [2.75, 3.05) is 6.54 Å². The van der Waals surface area contributed by atoms with Gasteiger partial charge in [-0.1, -0.05) is 6.07 Å². The number of pyridine rings is 2. The molecule has 0 unspecified atom stereocenters. The second-order valence-corrected chi connectivity index (χ2v) is 5.57. The highest BCUT2D eigenvalue weighted by Crippen LogP contribution is 2.19. The van der Waals surface area contributed by atoms with Crippen molar-refractivity contribution in [1.82, 2.24) is 20.3 Å². The van der Waals surface area contributed by atoms with E-state index in [0.717, 1.165) is 35.9 Å². The minimum Gasteiger partial charge on any atom is -0.312 e. The van der Waals surface area contributed by atoms with Gasteiger partial charge in [0, 0.05) is 43.5 Å². The fraction of sp³-hybridized carbons (Fsp3) is 0.188. The molecule has 4 nitrogen and oxygen atoms in total. The summed E-state index contributed by atoms with van der Waals surface area (Å²) in [5, 5.41) is 6.63. The lowest BCUT2D eigenvalue weighted by atomic mass is 10.2. The van der Waals surface area contributed by atoms with Gasteiger partial charge in [0.15, 0.2) is 0 Å². The van der Waals surface area contributed by atoms with Crippen molar-refractivity contribution in [2.45, 2.75) is 13.0 Å². The fourth-order valence-corrected chi connectivity index (χ4v) is 2.78. The number of hydrogen-bond acceptors (Lipinski definition) is 5. The van der Waals surface area contributed by atoms with Gasteiger partial charge in [-0.2, -0.15) is 0 Å². The summed E-state index contributed by atoms with van der Waals surface area (Å²) in [7, 11) is 0. The molecule has 106 valence electrons. The minimum atomic E-state index is 0.862. The molecule has 0 spiro atoms. The first-order valence-corrected chi connectivity index (χ1v) is 7.75. The summed E-state index contributed by atoms with van der Waals surface area (Å²) < 4.78 is 0. The summed E-state index contributed by atoms with van der Waals surface area (Å²) in [6.07, 6.45) is 6.36. The van der Waals surface area contributed by atoms with E-state index in [4.69, 9.17) is 0 Å². The van der Waals surface area contributed by atoms with Gasteiger partial charge in [-0.25, -0.2) is 4.98 Å². The Kier molecular flexibility index (Phi) is 4.66. The molecule has 3 aromatic heterocycles. The number of nitrogens with one attached hydrogen (secondary N) is 1. The third kappa shape index (κ3) is 3.93. The molecular formula is C16H16N4S. The van der Waals surface area contributed by atoms with Gasteiger partial charge in [-0.15, -0.1) is 11.3 Å². The highest BCUT2D eigenvalue weighted by Gasteiger charge is 2.04. The van der Waals surface area contributed by atoms with Gasteiger partial charge in [-0.3, -0.25) is 9.97 Å². The Morgan fingerprint density at radius 2 is 1.90 bits per heavy atom. The van der Waals surface area contributed by atoms with Crippen LogP contribution in [0.4, 0.5) is 0 Å². The Labute approximate surface area is 127 Å². The summed E-state index contributed by atoms with van der Waals surface area (Å²) >= 11 is 1.69.